The van der Waals surface area contributed by atoms with E-state index in [2.05, 4.69) is 15.9 Å². The molecule has 1 rings (SSSR count). The summed E-state index contributed by atoms with van der Waals surface area (Å²) in [5, 5.41) is 8.41. The Bertz CT molecular complexity index is 344. The monoisotopic (exact) mass is 228 g/mol. The van der Waals surface area contributed by atoms with Crippen LogP contribution < -0.4 is 5.73 Å². The molecule has 0 aliphatic heterocycles. The van der Waals surface area contributed by atoms with Gasteiger partial charge in [0.2, 0.25) is 0 Å². The number of hydrogen-bond donors (Lipinski definition) is 1. The summed E-state index contributed by atoms with van der Waals surface area (Å²) in [5.74, 6) is -0.483. The minimum Gasteiger partial charge on any atom is -0.396 e. The number of nitriles is 1. The van der Waals surface area contributed by atoms with Crippen molar-refractivity contribution < 1.29 is 4.39 Å². The van der Waals surface area contributed by atoms with Crippen LogP contribution in [0.5, 0.6) is 0 Å². The zero-order chi connectivity index (χ0) is 9.14. The fraction of sp³-hybridized carbons (Fsp3) is 0.125. The molecule has 1 aromatic carbocycles. The van der Waals surface area contributed by atoms with Crippen molar-refractivity contribution >= 4 is 21.6 Å². The molecule has 0 saturated carbocycles. The van der Waals surface area contributed by atoms with Crippen LogP contribution in [0.25, 0.3) is 0 Å². The van der Waals surface area contributed by atoms with E-state index in [9.17, 15) is 4.39 Å². The molecule has 62 valence electrons. The van der Waals surface area contributed by atoms with E-state index in [1.54, 1.807) is 6.07 Å². The fourth-order valence-electron chi connectivity index (χ4n) is 0.868. The summed E-state index contributed by atoms with van der Waals surface area (Å²) in [5.41, 5.74) is 5.97. The topological polar surface area (TPSA) is 49.8 Å². The molecule has 0 unspecified atom stereocenters. The second-order valence-electron chi connectivity index (χ2n) is 2.26. The molecule has 2 N–H and O–H groups in total. The summed E-state index contributed by atoms with van der Waals surface area (Å²) in [4.78, 5) is 0. The zero-order valence-corrected chi connectivity index (χ0v) is 7.73. The summed E-state index contributed by atoms with van der Waals surface area (Å²) in [6.45, 7) is 0. The number of nitrogen functional groups attached to an aromatic ring is 1. The third-order valence-electron chi connectivity index (χ3n) is 1.50. The summed E-state index contributed by atoms with van der Waals surface area (Å²) in [6, 6.07) is 4.72. The van der Waals surface area contributed by atoms with Crippen molar-refractivity contribution in [2.75, 3.05) is 5.73 Å². The maximum Gasteiger partial charge on any atom is 0.146 e. The van der Waals surface area contributed by atoms with Crippen LogP contribution >= 0.6 is 15.9 Å². The molecule has 0 fully saturated rings. The molecule has 2 nitrogen and oxygen atoms in total. The largest absolute Gasteiger partial charge is 0.396 e. The number of nitrogens with zero attached hydrogens (tertiary/aromatic N) is 1. The Labute approximate surface area is 77.9 Å². The lowest BCUT2D eigenvalue weighted by Crippen LogP contribution is -1.98. The number of benzene rings is 1. The van der Waals surface area contributed by atoms with E-state index in [-0.39, 0.29) is 12.1 Å². The summed E-state index contributed by atoms with van der Waals surface area (Å²) in [7, 11) is 0. The van der Waals surface area contributed by atoms with Gasteiger partial charge in [0.1, 0.15) is 5.82 Å². The van der Waals surface area contributed by atoms with Gasteiger partial charge < -0.3 is 5.73 Å². The van der Waals surface area contributed by atoms with Gasteiger partial charge in [0.05, 0.1) is 18.2 Å². The Balaban J connectivity index is 3.25. The Hall–Kier alpha value is -1.08. The molecule has 0 aliphatic carbocycles. The van der Waals surface area contributed by atoms with Crippen LogP contribution in [0.15, 0.2) is 16.6 Å². The Morgan fingerprint density at radius 1 is 1.58 bits per heavy atom. The van der Waals surface area contributed by atoms with Crippen LogP contribution in [0.2, 0.25) is 0 Å². The number of anilines is 1. The van der Waals surface area contributed by atoms with E-state index < -0.39 is 5.82 Å². The van der Waals surface area contributed by atoms with Crippen molar-refractivity contribution in [3.05, 3.63) is 28.0 Å². The summed E-state index contributed by atoms with van der Waals surface area (Å²) < 4.78 is 13.5. The van der Waals surface area contributed by atoms with Gasteiger partial charge in [0.15, 0.2) is 0 Å². The molecule has 0 bridgehead atoms. The molecule has 0 heterocycles. The molecule has 0 amide bonds. The first-order valence-electron chi connectivity index (χ1n) is 3.26. The first kappa shape index (κ1) is 9.01. The summed E-state index contributed by atoms with van der Waals surface area (Å²) in [6.07, 6.45) is 0.115. The van der Waals surface area contributed by atoms with Gasteiger partial charge in [0, 0.05) is 10.0 Å². The molecule has 0 saturated heterocycles. The quantitative estimate of drug-likeness (QED) is 0.750. The highest BCUT2D eigenvalue weighted by Gasteiger charge is 2.07. The predicted molar refractivity (Wildman–Crippen MR) is 47.8 cm³/mol. The zero-order valence-electron chi connectivity index (χ0n) is 6.14. The maximum atomic E-state index is 12.8. The predicted octanol–water partition coefficient (Wildman–Crippen LogP) is 2.24. The minimum absolute atomic E-state index is 0.0472. The van der Waals surface area contributed by atoms with Crippen LogP contribution in [-0.4, -0.2) is 0 Å². The Kier molecular flexibility index (Phi) is 2.66. The Morgan fingerprint density at radius 2 is 2.25 bits per heavy atom. The van der Waals surface area contributed by atoms with Gasteiger partial charge in [-0.05, 0) is 12.1 Å². The molecule has 1 aromatic rings. The standard InChI is InChI=1S/C8H6BrFN2/c9-6-1-2-7(10)8(12)5(6)3-4-11/h1-2H,3,12H2. The second kappa shape index (κ2) is 3.55. The second-order valence-corrected chi connectivity index (χ2v) is 3.11. The SMILES string of the molecule is N#CCc1c(Br)ccc(F)c1N. The maximum absolute atomic E-state index is 12.8. The fourth-order valence-corrected chi connectivity index (χ4v) is 1.35. The van der Waals surface area contributed by atoms with Crippen LogP contribution in [-0.2, 0) is 6.42 Å². The Morgan fingerprint density at radius 3 is 2.83 bits per heavy atom. The third-order valence-corrected chi connectivity index (χ3v) is 2.25. The van der Waals surface area contributed by atoms with E-state index >= 15 is 0 Å². The van der Waals surface area contributed by atoms with E-state index in [4.69, 9.17) is 11.0 Å². The first-order chi connectivity index (χ1) is 5.66. The van der Waals surface area contributed by atoms with Crippen LogP contribution in [0, 0.1) is 17.1 Å². The number of rotatable bonds is 1. The number of hydrogen-bond acceptors (Lipinski definition) is 2. The van der Waals surface area contributed by atoms with E-state index in [1.807, 2.05) is 6.07 Å². The molecule has 4 heteroatoms. The lowest BCUT2D eigenvalue weighted by Gasteiger charge is -2.04. The van der Waals surface area contributed by atoms with Crippen molar-refractivity contribution in [2.24, 2.45) is 0 Å². The number of nitrogens with two attached hydrogens (primary N) is 1. The van der Waals surface area contributed by atoms with Crippen molar-refractivity contribution in [3.63, 3.8) is 0 Å². The molecule has 0 radical (unpaired) electrons. The van der Waals surface area contributed by atoms with Crippen molar-refractivity contribution in [1.29, 1.82) is 5.26 Å². The average Bonchev–Trinajstić information content (AvgIpc) is 2.06. The minimum atomic E-state index is -0.483. The molecule has 12 heavy (non-hydrogen) atoms. The number of halogens is 2. The molecule has 0 atom stereocenters. The van der Waals surface area contributed by atoms with Crippen molar-refractivity contribution in [2.45, 2.75) is 6.42 Å². The summed E-state index contributed by atoms with van der Waals surface area (Å²) >= 11 is 3.18. The highest BCUT2D eigenvalue weighted by atomic mass is 79.9. The van der Waals surface area contributed by atoms with Crippen LogP contribution in [0.1, 0.15) is 5.56 Å². The molecular formula is C8H6BrFN2. The lowest BCUT2D eigenvalue weighted by atomic mass is 10.1. The molecule has 0 spiro atoms. The third kappa shape index (κ3) is 1.56. The van der Waals surface area contributed by atoms with Gasteiger partial charge >= 0.3 is 0 Å². The first-order valence-corrected chi connectivity index (χ1v) is 4.05. The van der Waals surface area contributed by atoms with E-state index in [1.165, 1.54) is 6.07 Å². The van der Waals surface area contributed by atoms with Gasteiger partial charge in [-0.25, -0.2) is 4.39 Å². The van der Waals surface area contributed by atoms with Gasteiger partial charge in [-0.1, -0.05) is 15.9 Å². The molecular weight excluding hydrogens is 223 g/mol. The van der Waals surface area contributed by atoms with Crippen molar-refractivity contribution in [1.82, 2.24) is 0 Å². The molecule has 0 aromatic heterocycles. The highest BCUT2D eigenvalue weighted by Crippen LogP contribution is 2.25. The van der Waals surface area contributed by atoms with E-state index in [0.717, 1.165) is 0 Å². The van der Waals surface area contributed by atoms with Gasteiger partial charge in [-0.3, -0.25) is 0 Å². The van der Waals surface area contributed by atoms with Crippen LogP contribution in [0.4, 0.5) is 10.1 Å². The average molecular weight is 229 g/mol. The van der Waals surface area contributed by atoms with Gasteiger partial charge in [-0.2, -0.15) is 5.26 Å². The highest BCUT2D eigenvalue weighted by molar-refractivity contribution is 9.10. The lowest BCUT2D eigenvalue weighted by molar-refractivity contribution is 0.631. The van der Waals surface area contributed by atoms with Crippen molar-refractivity contribution in [3.8, 4) is 6.07 Å². The van der Waals surface area contributed by atoms with Crippen LogP contribution in [0.3, 0.4) is 0 Å². The normalized spacial score (nSPS) is 9.42. The molecule has 0 aliphatic rings. The smallest absolute Gasteiger partial charge is 0.146 e. The van der Waals surface area contributed by atoms with Gasteiger partial charge in [0.25, 0.3) is 0 Å². The van der Waals surface area contributed by atoms with E-state index in [0.29, 0.717) is 10.0 Å². The van der Waals surface area contributed by atoms with Gasteiger partial charge in [-0.15, -0.1) is 0 Å².